The molecule has 0 amide bonds. The van der Waals surface area contributed by atoms with E-state index in [1.54, 1.807) is 92.7 Å². The predicted octanol–water partition coefficient (Wildman–Crippen LogP) is 18.7. The van der Waals surface area contributed by atoms with Crippen LogP contribution in [0, 0.1) is 27.7 Å². The molecule has 0 N–H and O–H groups in total. The lowest BCUT2D eigenvalue weighted by atomic mass is 10.1. The maximum atomic E-state index is 12.8. The van der Waals surface area contributed by atoms with Crippen LogP contribution in [0.15, 0.2) is 226 Å². The van der Waals surface area contributed by atoms with E-state index in [1.165, 1.54) is 0 Å². The van der Waals surface area contributed by atoms with Crippen LogP contribution in [0.25, 0.3) is 43.1 Å². The SMILES string of the molecule is Cc1nc(S(=O)(=O)Cc2ccc(Cl)cc2)c2ccccc2c1Cl.Cc1nc(S(=O)(=O)Cc2ccccc2)c2ccccc2c1Cl.Cc1nc(S(=O)Cc2ccc(Cl)cc2)c2ccccc2c1Cl.Cc1nc(S(=O)Cc2ccccc2)c2ccccc2c1Cl. The van der Waals surface area contributed by atoms with Gasteiger partial charge in [0, 0.05) is 53.1 Å². The van der Waals surface area contributed by atoms with Crippen molar-refractivity contribution < 1.29 is 25.3 Å². The second-order valence-electron chi connectivity index (χ2n) is 20.2. The van der Waals surface area contributed by atoms with Crippen LogP contribution < -0.4 is 0 Å². The number of hydrogen-bond donors (Lipinski definition) is 0. The second kappa shape index (κ2) is 29.3. The van der Waals surface area contributed by atoms with Crippen LogP contribution in [-0.2, 0) is 64.3 Å². The van der Waals surface area contributed by atoms with Gasteiger partial charge in [-0.2, -0.15) is 0 Å². The van der Waals surface area contributed by atoms with Gasteiger partial charge in [-0.15, -0.1) is 0 Å². The van der Waals surface area contributed by atoms with Gasteiger partial charge in [0.25, 0.3) is 0 Å². The predicted molar refractivity (Wildman–Crippen MR) is 364 cm³/mol. The highest BCUT2D eigenvalue weighted by Crippen LogP contribution is 2.35. The number of hydrogen-bond acceptors (Lipinski definition) is 10. The van der Waals surface area contributed by atoms with Crippen LogP contribution >= 0.6 is 69.6 Å². The number of rotatable bonds is 12. The number of sulfone groups is 2. The van der Waals surface area contributed by atoms with Crippen LogP contribution in [0.4, 0.5) is 0 Å². The number of halogens is 6. The molecule has 4 aromatic heterocycles. The van der Waals surface area contributed by atoms with E-state index in [0.29, 0.717) is 102 Å². The number of fused-ring (bicyclic) bond motifs is 4. The summed E-state index contributed by atoms with van der Waals surface area (Å²) in [6.45, 7) is 7.10. The van der Waals surface area contributed by atoms with Gasteiger partial charge in [0.05, 0.1) is 87.5 Å². The molecule has 88 heavy (non-hydrogen) atoms. The maximum Gasteiger partial charge on any atom is 0.200 e. The summed E-state index contributed by atoms with van der Waals surface area (Å²) in [6.07, 6.45) is 0. The lowest BCUT2D eigenvalue weighted by Gasteiger charge is -2.11. The van der Waals surface area contributed by atoms with E-state index in [2.05, 4.69) is 19.9 Å². The molecule has 0 saturated heterocycles. The fourth-order valence-corrected chi connectivity index (χ4v) is 16.2. The second-order valence-corrected chi connectivity index (χ2v) is 29.1. The van der Waals surface area contributed by atoms with Gasteiger partial charge in [0.15, 0.2) is 29.7 Å². The van der Waals surface area contributed by atoms with Crippen LogP contribution in [0.5, 0.6) is 0 Å². The highest BCUT2D eigenvalue weighted by atomic mass is 35.5. The fraction of sp³-hybridized carbons (Fsp3) is 0.118. The van der Waals surface area contributed by atoms with E-state index in [4.69, 9.17) is 69.6 Å². The third-order valence-corrected chi connectivity index (χ3v) is 22.1. The summed E-state index contributed by atoms with van der Waals surface area (Å²) >= 11 is 36.8. The molecule has 10 nitrogen and oxygen atoms in total. The summed E-state index contributed by atoms with van der Waals surface area (Å²) in [6, 6.07) is 62.6. The molecule has 0 aliphatic carbocycles. The van der Waals surface area contributed by atoms with Crippen molar-refractivity contribution in [1.29, 1.82) is 0 Å². The third-order valence-electron chi connectivity index (χ3n) is 13.8. The Morgan fingerprint density at radius 1 is 0.307 bits per heavy atom. The molecule has 12 aromatic rings. The first kappa shape index (κ1) is 65.8. The smallest absolute Gasteiger partial charge is 0.200 e. The largest absolute Gasteiger partial charge is 0.252 e. The average molecular weight is 1360 g/mol. The molecule has 2 atom stereocenters. The minimum absolute atomic E-state index is 0.0601. The minimum atomic E-state index is -3.60. The molecule has 8 aromatic carbocycles. The van der Waals surface area contributed by atoms with Gasteiger partial charge in [0.2, 0.25) is 0 Å². The van der Waals surface area contributed by atoms with Gasteiger partial charge >= 0.3 is 0 Å². The Morgan fingerprint density at radius 3 is 0.909 bits per heavy atom. The van der Waals surface area contributed by atoms with Crippen molar-refractivity contribution in [3.63, 3.8) is 0 Å². The molecule has 0 spiro atoms. The first-order chi connectivity index (χ1) is 42.1. The topological polar surface area (TPSA) is 154 Å². The lowest BCUT2D eigenvalue weighted by molar-refractivity contribution is 0.590. The van der Waals surface area contributed by atoms with Crippen LogP contribution in [0.1, 0.15) is 45.0 Å². The zero-order valence-electron chi connectivity index (χ0n) is 47.6. The third kappa shape index (κ3) is 15.8. The van der Waals surface area contributed by atoms with Crippen molar-refractivity contribution in [1.82, 2.24) is 19.9 Å². The van der Waals surface area contributed by atoms with Gasteiger partial charge in [0.1, 0.15) is 10.1 Å². The molecule has 0 fully saturated rings. The van der Waals surface area contributed by atoms with E-state index in [-0.39, 0.29) is 21.6 Å². The Labute approximate surface area is 546 Å². The fourth-order valence-electron chi connectivity index (χ4n) is 9.42. The van der Waals surface area contributed by atoms with Gasteiger partial charge in [-0.05, 0) is 74.2 Å². The Kier molecular flexibility index (Phi) is 21.9. The molecular formula is C68H54Cl6N4O6S4. The van der Waals surface area contributed by atoms with Gasteiger partial charge in [-0.25, -0.2) is 36.8 Å². The van der Waals surface area contributed by atoms with Gasteiger partial charge in [-0.3, -0.25) is 8.42 Å². The standard InChI is InChI=1S/C17H13Cl2NO2S.C17H13Cl2NOS.C17H14ClNO2S.C17H14ClNOS/c1-11-16(19)14-4-2-3-5-15(14)17(20-11)23(21,22)10-12-6-8-13(18)9-7-12;1-11-16(19)14-4-2-3-5-15(14)17(20-11)22(21)10-12-6-8-13(18)9-7-12;1-12-16(18)14-9-5-6-10-15(14)17(19-12)22(20,21)11-13-7-3-2-4-8-13;1-12-16(18)14-9-5-6-10-15(14)17(19-12)21(20)11-13-7-3-2-4-8-13/h2-9H,10H2,1H3;2-9H,10H2,1H3;2-10H,11H2,1H3;2-10H,11H2,1H3. The highest BCUT2D eigenvalue weighted by molar-refractivity contribution is 7.91. The normalized spacial score (nSPS) is 12.1. The van der Waals surface area contributed by atoms with E-state index in [9.17, 15) is 25.3 Å². The molecule has 2 unspecified atom stereocenters. The monoisotopic (exact) mass is 1360 g/mol. The molecule has 0 aliphatic heterocycles. The molecule has 12 rings (SSSR count). The van der Waals surface area contributed by atoms with Crippen molar-refractivity contribution in [2.45, 2.75) is 70.8 Å². The number of nitrogens with zero attached hydrogens (tertiary/aromatic N) is 4. The molecule has 448 valence electrons. The van der Waals surface area contributed by atoms with Gasteiger partial charge < -0.3 is 0 Å². The highest BCUT2D eigenvalue weighted by Gasteiger charge is 2.25. The zero-order valence-corrected chi connectivity index (χ0v) is 55.4. The first-order valence-corrected chi connectivity index (χ1v) is 35.3. The number of benzene rings is 8. The van der Waals surface area contributed by atoms with Crippen molar-refractivity contribution in [3.05, 3.63) is 281 Å². The molecule has 0 radical (unpaired) electrons. The van der Waals surface area contributed by atoms with E-state index < -0.39 is 41.3 Å². The molecule has 4 heterocycles. The molecule has 0 bridgehead atoms. The van der Waals surface area contributed by atoms with E-state index >= 15 is 0 Å². The summed E-state index contributed by atoms with van der Waals surface area (Å²) in [7, 11) is -9.60. The summed E-state index contributed by atoms with van der Waals surface area (Å²) < 4.78 is 76.6. The van der Waals surface area contributed by atoms with Gasteiger partial charge in [-0.1, -0.05) is 252 Å². The molecule has 20 heteroatoms. The summed E-state index contributed by atoms with van der Waals surface area (Å²) in [5.74, 6) is 0.641. The van der Waals surface area contributed by atoms with Crippen LogP contribution in [0.3, 0.4) is 0 Å². The molecule has 0 saturated carbocycles. The number of aromatic nitrogens is 4. The minimum Gasteiger partial charge on any atom is -0.252 e. The Bertz CT molecular complexity index is 4820. The maximum absolute atomic E-state index is 12.8. The van der Waals surface area contributed by atoms with Crippen molar-refractivity contribution in [3.8, 4) is 0 Å². The van der Waals surface area contributed by atoms with E-state index in [0.717, 1.165) is 38.2 Å². The van der Waals surface area contributed by atoms with Crippen molar-refractivity contribution >= 4 is 154 Å². The van der Waals surface area contributed by atoms with Crippen molar-refractivity contribution in [2.75, 3.05) is 0 Å². The van der Waals surface area contributed by atoms with E-state index in [1.807, 2.05) is 141 Å². The number of pyridine rings is 4. The molecule has 0 aliphatic rings. The van der Waals surface area contributed by atoms with Crippen LogP contribution in [-0.4, -0.2) is 45.2 Å². The average Bonchev–Trinajstić information content (AvgIpc) is 3.67. The quantitative estimate of drug-likeness (QED) is 0.115. The number of aryl methyl sites for hydroxylation is 4. The zero-order chi connectivity index (χ0) is 62.9. The summed E-state index contributed by atoms with van der Waals surface area (Å²) in [5, 5.41) is 10.8. The summed E-state index contributed by atoms with van der Waals surface area (Å²) in [5.41, 5.74) is 5.82. The Morgan fingerprint density at radius 2 is 0.557 bits per heavy atom. The van der Waals surface area contributed by atoms with Crippen LogP contribution in [0.2, 0.25) is 30.1 Å². The lowest BCUT2D eigenvalue weighted by Crippen LogP contribution is -2.09. The Hall–Kier alpha value is -6.66. The molecular weight excluding hydrogens is 1310 g/mol. The first-order valence-electron chi connectivity index (χ1n) is 27.1. The Balaban J connectivity index is 0.000000140. The summed E-state index contributed by atoms with van der Waals surface area (Å²) in [4.78, 5) is 17.4. The van der Waals surface area contributed by atoms with Crippen molar-refractivity contribution in [2.24, 2.45) is 0 Å².